The molecule has 0 unspecified atom stereocenters. The highest BCUT2D eigenvalue weighted by atomic mass is 16.1. The van der Waals surface area contributed by atoms with Gasteiger partial charge in [-0.05, 0) is 0 Å². The third-order valence-electron chi connectivity index (χ3n) is 2.04. The molecule has 0 aromatic carbocycles. The lowest BCUT2D eigenvalue weighted by Crippen LogP contribution is -2.45. The molecule has 1 aromatic rings. The van der Waals surface area contributed by atoms with E-state index >= 15 is 0 Å². The average molecular weight is 153 g/mol. The monoisotopic (exact) mass is 153 g/mol. The average Bonchev–Trinajstić information content (AvgIpc) is 2.27. The van der Waals surface area contributed by atoms with Crippen molar-refractivity contribution in [1.29, 1.82) is 0 Å². The molecule has 1 fully saturated rings. The Morgan fingerprint density at radius 1 is 1.64 bits per heavy atom. The van der Waals surface area contributed by atoms with Crippen LogP contribution in [0.3, 0.4) is 0 Å². The summed E-state index contributed by atoms with van der Waals surface area (Å²) in [5.41, 5.74) is -0.00287. The van der Waals surface area contributed by atoms with E-state index in [1.54, 1.807) is 17.0 Å². The van der Waals surface area contributed by atoms with Gasteiger partial charge in [0.2, 0.25) is 0 Å². The summed E-state index contributed by atoms with van der Waals surface area (Å²) in [6.45, 7) is 2.92. The van der Waals surface area contributed by atoms with Gasteiger partial charge < -0.3 is 10.3 Å². The Morgan fingerprint density at radius 3 is 2.91 bits per heavy atom. The van der Waals surface area contributed by atoms with Crippen molar-refractivity contribution in [2.75, 3.05) is 13.1 Å². The van der Waals surface area contributed by atoms with Gasteiger partial charge in [-0.3, -0.25) is 4.57 Å². The topological polar surface area (TPSA) is 49.8 Å². The van der Waals surface area contributed by atoms with Crippen LogP contribution >= 0.6 is 0 Å². The predicted octanol–water partition coefficient (Wildman–Crippen LogP) is -0.604. The summed E-state index contributed by atoms with van der Waals surface area (Å²) in [7, 11) is 0. The molecular formula is C7H11N3O. The fourth-order valence-corrected chi connectivity index (χ4v) is 1.25. The molecule has 60 valence electrons. The van der Waals surface area contributed by atoms with Crippen LogP contribution in [0.25, 0.3) is 0 Å². The summed E-state index contributed by atoms with van der Waals surface area (Å²) in [6, 6.07) is 0. The zero-order chi connectivity index (χ0) is 7.68. The van der Waals surface area contributed by atoms with Gasteiger partial charge in [-0.2, -0.15) is 0 Å². The normalized spacial score (nSPS) is 18.2. The Bertz CT molecular complexity index is 284. The van der Waals surface area contributed by atoms with E-state index in [4.69, 9.17) is 0 Å². The van der Waals surface area contributed by atoms with Crippen LogP contribution in [0.4, 0.5) is 0 Å². The van der Waals surface area contributed by atoms with Gasteiger partial charge in [-0.25, -0.2) is 4.79 Å². The largest absolute Gasteiger partial charge is 0.325 e. The second-order valence-corrected chi connectivity index (χ2v) is 2.94. The SMILES string of the molecule is O=c1[nH]ccn1CC1CNC1. The fraction of sp³-hybridized carbons (Fsp3) is 0.571. The van der Waals surface area contributed by atoms with E-state index in [1.165, 1.54) is 0 Å². The van der Waals surface area contributed by atoms with E-state index < -0.39 is 0 Å². The summed E-state index contributed by atoms with van der Waals surface area (Å²) in [5, 5.41) is 3.17. The number of rotatable bonds is 2. The molecule has 0 bridgehead atoms. The van der Waals surface area contributed by atoms with Crippen LogP contribution in [0.1, 0.15) is 0 Å². The first kappa shape index (κ1) is 6.67. The summed E-state index contributed by atoms with van der Waals surface area (Å²) in [5.74, 6) is 0.642. The molecule has 0 amide bonds. The molecule has 11 heavy (non-hydrogen) atoms. The first-order chi connectivity index (χ1) is 5.36. The van der Waals surface area contributed by atoms with Crippen LogP contribution in [0.5, 0.6) is 0 Å². The van der Waals surface area contributed by atoms with Crippen molar-refractivity contribution in [2.24, 2.45) is 5.92 Å². The Balaban J connectivity index is 2.05. The maximum Gasteiger partial charge on any atom is 0.325 e. The van der Waals surface area contributed by atoms with Crippen LogP contribution in [-0.2, 0) is 6.54 Å². The number of nitrogens with zero attached hydrogens (tertiary/aromatic N) is 1. The third kappa shape index (κ3) is 1.21. The highest BCUT2D eigenvalue weighted by molar-refractivity contribution is 4.81. The van der Waals surface area contributed by atoms with Gasteiger partial charge in [0.25, 0.3) is 0 Å². The molecule has 2 N–H and O–H groups in total. The number of hydrogen-bond acceptors (Lipinski definition) is 2. The molecule has 0 atom stereocenters. The number of aromatic nitrogens is 2. The van der Waals surface area contributed by atoms with Crippen LogP contribution in [-0.4, -0.2) is 22.6 Å². The Hall–Kier alpha value is -1.03. The molecule has 1 aromatic heterocycles. The standard InChI is InChI=1S/C7H11N3O/c11-7-9-1-2-10(7)5-6-3-8-4-6/h1-2,6,8H,3-5H2,(H,9,11). The smallest absolute Gasteiger partial charge is 0.316 e. The maximum atomic E-state index is 11.0. The molecule has 0 radical (unpaired) electrons. The third-order valence-corrected chi connectivity index (χ3v) is 2.04. The number of hydrogen-bond donors (Lipinski definition) is 2. The van der Waals surface area contributed by atoms with Gasteiger partial charge in [-0.1, -0.05) is 0 Å². The van der Waals surface area contributed by atoms with Gasteiger partial charge in [0.15, 0.2) is 0 Å². The Labute approximate surface area is 64.2 Å². The molecule has 4 nitrogen and oxygen atoms in total. The van der Waals surface area contributed by atoms with Gasteiger partial charge in [-0.15, -0.1) is 0 Å². The van der Waals surface area contributed by atoms with Crippen molar-refractivity contribution in [3.05, 3.63) is 22.9 Å². The lowest BCUT2D eigenvalue weighted by atomic mass is 10.0. The molecule has 0 aliphatic carbocycles. The minimum absolute atomic E-state index is 0.00287. The number of imidazole rings is 1. The molecule has 0 saturated carbocycles. The summed E-state index contributed by atoms with van der Waals surface area (Å²) in [4.78, 5) is 13.6. The van der Waals surface area contributed by atoms with E-state index in [0.717, 1.165) is 19.6 Å². The minimum atomic E-state index is -0.00287. The quantitative estimate of drug-likeness (QED) is 0.596. The second kappa shape index (κ2) is 2.54. The molecular weight excluding hydrogens is 142 g/mol. The van der Waals surface area contributed by atoms with Crippen molar-refractivity contribution in [2.45, 2.75) is 6.54 Å². The fourth-order valence-electron chi connectivity index (χ4n) is 1.25. The number of H-pyrrole nitrogens is 1. The van der Waals surface area contributed by atoms with Gasteiger partial charge in [0.05, 0.1) is 0 Å². The van der Waals surface area contributed by atoms with Crippen molar-refractivity contribution in [1.82, 2.24) is 14.9 Å². The molecule has 2 rings (SSSR count). The molecule has 2 heterocycles. The molecule has 4 heteroatoms. The lowest BCUT2D eigenvalue weighted by Gasteiger charge is -2.26. The van der Waals surface area contributed by atoms with Crippen LogP contribution in [0.15, 0.2) is 17.2 Å². The molecule has 0 spiro atoms. The highest BCUT2D eigenvalue weighted by Crippen LogP contribution is 2.03. The maximum absolute atomic E-state index is 11.0. The lowest BCUT2D eigenvalue weighted by molar-refractivity contribution is 0.304. The van der Waals surface area contributed by atoms with E-state index in [1.807, 2.05) is 0 Å². The molecule has 1 aliphatic rings. The van der Waals surface area contributed by atoms with Crippen LogP contribution in [0.2, 0.25) is 0 Å². The van der Waals surface area contributed by atoms with E-state index in [0.29, 0.717) is 5.92 Å². The van der Waals surface area contributed by atoms with Crippen molar-refractivity contribution >= 4 is 0 Å². The highest BCUT2D eigenvalue weighted by Gasteiger charge is 2.17. The first-order valence-electron chi connectivity index (χ1n) is 3.81. The second-order valence-electron chi connectivity index (χ2n) is 2.94. The van der Waals surface area contributed by atoms with Crippen molar-refractivity contribution < 1.29 is 0 Å². The first-order valence-corrected chi connectivity index (χ1v) is 3.81. The zero-order valence-corrected chi connectivity index (χ0v) is 6.21. The zero-order valence-electron chi connectivity index (χ0n) is 6.21. The summed E-state index contributed by atoms with van der Waals surface area (Å²) >= 11 is 0. The predicted molar refractivity (Wildman–Crippen MR) is 41.4 cm³/mol. The van der Waals surface area contributed by atoms with Crippen molar-refractivity contribution in [3.63, 3.8) is 0 Å². The van der Waals surface area contributed by atoms with Gasteiger partial charge in [0, 0.05) is 37.9 Å². The minimum Gasteiger partial charge on any atom is -0.316 e. The summed E-state index contributed by atoms with van der Waals surface area (Å²) < 4.78 is 1.71. The molecule has 1 saturated heterocycles. The summed E-state index contributed by atoms with van der Waals surface area (Å²) in [6.07, 6.45) is 3.47. The Morgan fingerprint density at radius 2 is 2.45 bits per heavy atom. The van der Waals surface area contributed by atoms with Crippen LogP contribution < -0.4 is 11.0 Å². The Kier molecular flexibility index (Phi) is 1.54. The van der Waals surface area contributed by atoms with E-state index in [-0.39, 0.29) is 5.69 Å². The van der Waals surface area contributed by atoms with Crippen molar-refractivity contribution in [3.8, 4) is 0 Å². The van der Waals surface area contributed by atoms with E-state index in [9.17, 15) is 4.79 Å². The number of nitrogens with one attached hydrogen (secondary N) is 2. The van der Waals surface area contributed by atoms with Gasteiger partial charge in [0.1, 0.15) is 0 Å². The van der Waals surface area contributed by atoms with Crippen LogP contribution in [0, 0.1) is 5.92 Å². The molecule has 1 aliphatic heterocycles. The van der Waals surface area contributed by atoms with E-state index in [2.05, 4.69) is 10.3 Å². The number of aromatic amines is 1. The van der Waals surface area contributed by atoms with Gasteiger partial charge >= 0.3 is 5.69 Å².